The molecule has 6 nitrogen and oxygen atoms in total. The Kier molecular flexibility index (Phi) is 4.03. The molecule has 1 aliphatic carbocycles. The Morgan fingerprint density at radius 1 is 1.37 bits per heavy atom. The molecule has 1 amide bonds. The van der Waals surface area contributed by atoms with Crippen LogP contribution in [0.15, 0.2) is 42.0 Å². The van der Waals surface area contributed by atoms with Gasteiger partial charge in [0.1, 0.15) is 5.69 Å². The van der Waals surface area contributed by atoms with E-state index in [4.69, 9.17) is 4.74 Å². The molecule has 0 radical (unpaired) electrons. The minimum Gasteiger partial charge on any atom is -0.378 e. The number of imidazole rings is 1. The second kappa shape index (κ2) is 6.44. The number of carbonyl (C=O) groups is 1. The van der Waals surface area contributed by atoms with E-state index in [0.29, 0.717) is 5.69 Å². The fourth-order valence-corrected chi connectivity index (χ4v) is 5.55. The first-order valence-corrected chi connectivity index (χ1v) is 10.2. The van der Waals surface area contributed by atoms with Gasteiger partial charge in [0.25, 0.3) is 5.91 Å². The molecule has 0 bridgehead atoms. The maximum Gasteiger partial charge on any atom is 0.272 e. The van der Waals surface area contributed by atoms with Crippen molar-refractivity contribution in [3.8, 4) is 0 Å². The molecule has 1 saturated heterocycles. The number of methoxy groups -OCH3 is 1. The molecule has 140 valence electrons. The van der Waals surface area contributed by atoms with E-state index in [9.17, 15) is 4.79 Å². The number of rotatable bonds is 3. The van der Waals surface area contributed by atoms with Crippen molar-refractivity contribution in [3.63, 3.8) is 0 Å². The number of hydrogen-bond acceptors (Lipinski definition) is 5. The molecule has 3 aromatic rings. The summed E-state index contributed by atoms with van der Waals surface area (Å²) in [4.78, 5) is 18.2. The van der Waals surface area contributed by atoms with Gasteiger partial charge in [0, 0.05) is 30.3 Å². The van der Waals surface area contributed by atoms with Crippen LogP contribution >= 0.6 is 11.3 Å². The predicted octanol–water partition coefficient (Wildman–Crippen LogP) is 2.52. The molecule has 7 heteroatoms. The van der Waals surface area contributed by atoms with E-state index in [1.165, 1.54) is 22.5 Å². The zero-order chi connectivity index (χ0) is 18.4. The molecule has 27 heavy (non-hydrogen) atoms. The highest BCUT2D eigenvalue weighted by Gasteiger charge is 2.53. The van der Waals surface area contributed by atoms with E-state index in [1.54, 1.807) is 13.3 Å². The molecule has 0 unspecified atom stereocenters. The molecular weight excluding hydrogens is 360 g/mol. The third kappa shape index (κ3) is 2.53. The molecule has 2 aliphatic rings. The molecular formula is C20H22N4O2S. The van der Waals surface area contributed by atoms with Crippen LogP contribution in [0.2, 0.25) is 0 Å². The maximum atomic E-state index is 13.0. The first kappa shape index (κ1) is 16.9. The van der Waals surface area contributed by atoms with Crippen LogP contribution in [0.1, 0.15) is 40.5 Å². The lowest BCUT2D eigenvalue weighted by atomic mass is 9.72. The number of nitrogens with one attached hydrogen (secondary N) is 2. The Morgan fingerprint density at radius 2 is 2.19 bits per heavy atom. The van der Waals surface area contributed by atoms with E-state index < -0.39 is 0 Å². The van der Waals surface area contributed by atoms with Crippen molar-refractivity contribution in [2.75, 3.05) is 20.2 Å². The number of nitrogens with zero attached hydrogens (tertiary/aromatic N) is 2. The van der Waals surface area contributed by atoms with Crippen LogP contribution in [0.4, 0.5) is 0 Å². The monoisotopic (exact) mass is 382 g/mol. The van der Waals surface area contributed by atoms with Crippen molar-refractivity contribution in [1.29, 1.82) is 0 Å². The average molecular weight is 382 g/mol. The van der Waals surface area contributed by atoms with Crippen LogP contribution < -0.4 is 10.6 Å². The van der Waals surface area contributed by atoms with Gasteiger partial charge in [-0.15, -0.1) is 11.3 Å². The van der Waals surface area contributed by atoms with E-state index in [0.717, 1.165) is 30.9 Å². The molecule has 1 fully saturated rings. The number of carbonyl (C=O) groups excluding carboxylic acids is 1. The predicted molar refractivity (Wildman–Crippen MR) is 104 cm³/mol. The number of hydrogen-bond donors (Lipinski definition) is 2. The molecule has 2 atom stereocenters. The van der Waals surface area contributed by atoms with Gasteiger partial charge in [-0.1, -0.05) is 24.3 Å². The van der Waals surface area contributed by atoms with Crippen molar-refractivity contribution >= 4 is 22.2 Å². The zero-order valence-electron chi connectivity index (χ0n) is 15.1. The van der Waals surface area contributed by atoms with Crippen LogP contribution in [0.3, 0.4) is 0 Å². The second-order valence-electron chi connectivity index (χ2n) is 7.32. The van der Waals surface area contributed by atoms with Crippen LogP contribution in [0.25, 0.3) is 4.96 Å². The van der Waals surface area contributed by atoms with Crippen molar-refractivity contribution in [2.24, 2.45) is 0 Å². The molecule has 5 rings (SSSR count). The SMILES string of the molecule is CO[C@H]1[C@H](NC(=O)c2cn3ccsc3n2)c2ccccc2C12CCNCC2. The van der Waals surface area contributed by atoms with Gasteiger partial charge in [0.2, 0.25) is 0 Å². The highest BCUT2D eigenvalue weighted by molar-refractivity contribution is 7.15. The number of ether oxygens (including phenoxy) is 1. The highest BCUT2D eigenvalue weighted by atomic mass is 32.1. The van der Waals surface area contributed by atoms with Gasteiger partial charge in [-0.3, -0.25) is 9.20 Å². The number of benzene rings is 1. The van der Waals surface area contributed by atoms with E-state index in [2.05, 4.69) is 33.8 Å². The molecule has 3 heterocycles. The summed E-state index contributed by atoms with van der Waals surface area (Å²) in [6, 6.07) is 8.28. The van der Waals surface area contributed by atoms with E-state index in [1.807, 2.05) is 22.0 Å². The molecule has 0 saturated carbocycles. The summed E-state index contributed by atoms with van der Waals surface area (Å²) in [5.41, 5.74) is 2.87. The minimum atomic E-state index is -0.170. The maximum absolute atomic E-state index is 13.0. The van der Waals surface area contributed by atoms with Gasteiger partial charge in [-0.25, -0.2) is 4.98 Å². The molecule has 2 aromatic heterocycles. The van der Waals surface area contributed by atoms with Gasteiger partial charge >= 0.3 is 0 Å². The Balaban J connectivity index is 1.51. The smallest absolute Gasteiger partial charge is 0.272 e. The highest BCUT2D eigenvalue weighted by Crippen LogP contribution is 2.51. The Bertz CT molecular complexity index is 960. The molecule has 2 N–H and O–H groups in total. The van der Waals surface area contributed by atoms with Gasteiger partial charge in [0.05, 0.1) is 12.1 Å². The number of amides is 1. The third-order valence-corrected chi connectivity index (χ3v) is 6.81. The lowest BCUT2D eigenvalue weighted by molar-refractivity contribution is 0.00392. The Morgan fingerprint density at radius 3 is 2.96 bits per heavy atom. The summed E-state index contributed by atoms with van der Waals surface area (Å²) in [5.74, 6) is -0.154. The summed E-state index contributed by atoms with van der Waals surface area (Å²) in [5, 5.41) is 8.63. The zero-order valence-corrected chi connectivity index (χ0v) is 16.0. The van der Waals surface area contributed by atoms with E-state index >= 15 is 0 Å². The van der Waals surface area contributed by atoms with Crippen molar-refractivity contribution in [1.82, 2.24) is 20.0 Å². The van der Waals surface area contributed by atoms with Gasteiger partial charge in [-0.2, -0.15) is 0 Å². The van der Waals surface area contributed by atoms with Gasteiger partial charge in [-0.05, 0) is 37.1 Å². The lowest BCUT2D eigenvalue weighted by Gasteiger charge is -2.40. The molecule has 1 aliphatic heterocycles. The Hall–Kier alpha value is -2.22. The summed E-state index contributed by atoms with van der Waals surface area (Å²) in [7, 11) is 1.76. The largest absolute Gasteiger partial charge is 0.378 e. The first-order chi connectivity index (χ1) is 13.2. The van der Waals surface area contributed by atoms with Crippen LogP contribution in [0, 0.1) is 0 Å². The van der Waals surface area contributed by atoms with Crippen molar-refractivity contribution < 1.29 is 9.53 Å². The van der Waals surface area contributed by atoms with Gasteiger partial charge < -0.3 is 15.4 Å². The fourth-order valence-electron chi connectivity index (χ4n) is 4.85. The van der Waals surface area contributed by atoms with Crippen LogP contribution in [-0.2, 0) is 10.2 Å². The van der Waals surface area contributed by atoms with E-state index in [-0.39, 0.29) is 23.5 Å². The van der Waals surface area contributed by atoms with Crippen molar-refractivity contribution in [3.05, 3.63) is 58.9 Å². The fraction of sp³-hybridized carbons (Fsp3) is 0.400. The standard InChI is InChI=1S/C20H22N4O2S/c1-26-17-16(23-18(25)15-12-24-10-11-27-19(24)22-15)13-4-2-3-5-14(13)20(17)6-8-21-9-7-20/h2-5,10-12,16-17,21H,6-9H2,1H3,(H,23,25)/t16-,17+/m1/s1. The summed E-state index contributed by atoms with van der Waals surface area (Å²) in [6.45, 7) is 1.93. The number of fused-ring (bicyclic) bond motifs is 3. The lowest BCUT2D eigenvalue weighted by Crippen LogP contribution is -2.49. The van der Waals surface area contributed by atoms with Crippen LogP contribution in [0.5, 0.6) is 0 Å². The van der Waals surface area contributed by atoms with Crippen molar-refractivity contribution in [2.45, 2.75) is 30.4 Å². The average Bonchev–Trinajstić information content (AvgIpc) is 3.36. The summed E-state index contributed by atoms with van der Waals surface area (Å²) in [6.07, 6.45) is 5.63. The van der Waals surface area contributed by atoms with Gasteiger partial charge in [0.15, 0.2) is 4.96 Å². The topological polar surface area (TPSA) is 67.7 Å². The molecule has 1 spiro atoms. The second-order valence-corrected chi connectivity index (χ2v) is 8.19. The number of thiazole rings is 1. The van der Waals surface area contributed by atoms with Crippen LogP contribution in [-0.4, -0.2) is 41.6 Å². The summed E-state index contributed by atoms with van der Waals surface area (Å²) < 4.78 is 7.89. The Labute approximate surface area is 161 Å². The molecule has 1 aromatic carbocycles. The normalized spacial score (nSPS) is 23.6. The number of aromatic nitrogens is 2. The quantitative estimate of drug-likeness (QED) is 0.730. The third-order valence-electron chi connectivity index (χ3n) is 6.04. The summed E-state index contributed by atoms with van der Waals surface area (Å²) >= 11 is 1.52. The number of piperidine rings is 1. The first-order valence-electron chi connectivity index (χ1n) is 9.29. The minimum absolute atomic E-state index is 0.0525.